The first-order valence-corrected chi connectivity index (χ1v) is 30.3. The zero-order valence-electron chi connectivity index (χ0n) is 50.6. The number of allylic oxidation sites excluding steroid dienone is 4. The quantitative estimate of drug-likeness (QED) is 0.0836. The van der Waals surface area contributed by atoms with Gasteiger partial charge >= 0.3 is 11.9 Å². The minimum absolute atomic E-state index is 0.0430. The highest BCUT2D eigenvalue weighted by atomic mass is 35.5. The Balaban J connectivity index is 0.000000157. The molecule has 7 aromatic rings. The molecular weight excluding hydrogens is 1090 g/mol. The number of rotatable bonds is 14. The number of ether oxygens (including phenoxy) is 2. The molecule has 85 heavy (non-hydrogen) atoms. The largest absolute Gasteiger partial charge is 0.457 e. The SMILES string of the molecule is CCC(=O)OCC(=O)[C@@]1(OC(=O)CC)[C@@H](C)C[C@H]2[C@@H]3CCC4=CC(=O)C=C[C@]4(C)[C@@]3(F)[C@@H](O)C[C@@]21C.CN(Cc1ccc(C(C)(C)C)cc1)Cc1cccc2ccccc12.Clc1ccccc1C(c1ccccc1)(c1ccccc1)n1ccnc1. The van der Waals surface area contributed by atoms with Crippen molar-refractivity contribution in [1.29, 1.82) is 0 Å². The summed E-state index contributed by atoms with van der Waals surface area (Å²) in [6, 6.07) is 53.1. The van der Waals surface area contributed by atoms with E-state index in [1.165, 1.54) is 39.6 Å². The second kappa shape index (κ2) is 25.3. The number of aromatic nitrogens is 2. The lowest BCUT2D eigenvalue weighted by molar-refractivity contribution is -0.228. The van der Waals surface area contributed by atoms with E-state index in [0.29, 0.717) is 24.8 Å². The van der Waals surface area contributed by atoms with Gasteiger partial charge in [0.1, 0.15) is 5.54 Å². The smallest absolute Gasteiger partial charge is 0.306 e. The summed E-state index contributed by atoms with van der Waals surface area (Å²) in [7, 11) is 2.19. The van der Waals surface area contributed by atoms with E-state index in [9.17, 15) is 24.3 Å². The number of imidazole rings is 1. The summed E-state index contributed by atoms with van der Waals surface area (Å²) in [6.07, 6.45) is 9.96. The summed E-state index contributed by atoms with van der Waals surface area (Å²) in [4.78, 5) is 57.0. The van der Waals surface area contributed by atoms with E-state index in [-0.39, 0.29) is 36.4 Å². The summed E-state index contributed by atoms with van der Waals surface area (Å²) < 4.78 is 30.6. The maximum Gasteiger partial charge on any atom is 0.306 e. The topological polar surface area (TPSA) is 128 Å². The highest BCUT2D eigenvalue weighted by Gasteiger charge is 2.77. The van der Waals surface area contributed by atoms with E-state index in [1.807, 2.05) is 49.8 Å². The van der Waals surface area contributed by atoms with Crippen molar-refractivity contribution >= 4 is 45.9 Å². The molecule has 4 aliphatic carbocycles. The molecule has 444 valence electrons. The lowest BCUT2D eigenvalue weighted by atomic mass is 9.44. The number of aliphatic hydroxyl groups excluding tert-OH is 1. The Labute approximate surface area is 506 Å². The molecule has 1 heterocycles. The molecule has 0 saturated heterocycles. The van der Waals surface area contributed by atoms with Crippen LogP contribution in [0, 0.1) is 28.6 Å². The molecule has 1 N–H and O–H groups in total. The average Bonchev–Trinajstić information content (AvgIpc) is 1.67. The van der Waals surface area contributed by atoms with Crippen LogP contribution in [0.4, 0.5) is 4.39 Å². The number of esters is 2. The van der Waals surface area contributed by atoms with Crippen molar-refractivity contribution in [2.45, 2.75) is 135 Å². The zero-order chi connectivity index (χ0) is 61.0. The van der Waals surface area contributed by atoms with Crippen LogP contribution in [-0.4, -0.2) is 74.1 Å². The summed E-state index contributed by atoms with van der Waals surface area (Å²) in [6.45, 7) is 16.8. The Morgan fingerprint density at radius 3 is 2.04 bits per heavy atom. The monoisotopic (exact) mass is 1170 g/mol. The van der Waals surface area contributed by atoms with Gasteiger partial charge in [-0.05, 0) is 108 Å². The molecular formula is C73H81ClFN3O7. The number of hydrogen-bond donors (Lipinski definition) is 1. The van der Waals surface area contributed by atoms with Crippen molar-refractivity contribution in [2.75, 3.05) is 13.7 Å². The van der Waals surface area contributed by atoms with E-state index in [1.54, 1.807) is 40.0 Å². The highest BCUT2D eigenvalue weighted by molar-refractivity contribution is 6.31. The number of fused-ring (bicyclic) bond motifs is 6. The van der Waals surface area contributed by atoms with Crippen LogP contribution in [0.2, 0.25) is 5.02 Å². The fourth-order valence-corrected chi connectivity index (χ4v) is 15.0. The molecule has 0 aliphatic heterocycles. The van der Waals surface area contributed by atoms with E-state index in [2.05, 4.69) is 164 Å². The molecule has 11 rings (SSSR count). The van der Waals surface area contributed by atoms with Gasteiger partial charge in [0.2, 0.25) is 5.78 Å². The molecule has 1 aromatic heterocycles. The molecule has 6 aromatic carbocycles. The van der Waals surface area contributed by atoms with Crippen LogP contribution in [-0.2, 0) is 52.7 Å². The fourth-order valence-electron chi connectivity index (χ4n) is 14.7. The predicted octanol–water partition coefficient (Wildman–Crippen LogP) is 15.0. The molecule has 3 fully saturated rings. The maximum atomic E-state index is 17.4. The number of nitrogens with zero attached hydrogens (tertiary/aromatic N) is 3. The third kappa shape index (κ3) is 11.6. The van der Waals surface area contributed by atoms with Gasteiger partial charge in [-0.3, -0.25) is 24.1 Å². The molecule has 0 bridgehead atoms. The minimum Gasteiger partial charge on any atom is -0.457 e. The van der Waals surface area contributed by atoms with Gasteiger partial charge in [0.05, 0.1) is 12.4 Å². The number of ketones is 2. The molecule has 10 nitrogen and oxygen atoms in total. The number of benzene rings is 6. The van der Waals surface area contributed by atoms with Gasteiger partial charge in [0, 0.05) is 71.6 Å². The standard InChI is InChI=1S/C28H37FO7.C23H27N.C22H17ClN2/c1-6-23(33)35-15-22(32)28(36-24(34)7-2)16(3)12-20-19-9-8-17-13-18(30)10-11-25(17,4)27(19,29)21(31)14-26(20,28)5;1-23(2,3)21-14-12-18(13-15-21)16-24(4)17-20-10-7-9-19-8-5-6-11-22(19)20;23-21-14-8-7-13-20(21)22(25-16-15-24-17-25,18-9-3-1-4-10-18)19-11-5-2-6-12-19/h10-11,13,16,19-21,31H,6-9,12,14-15H2,1-5H3;5-15H,16-17H2,1-4H3;1-17H/t16-,19-,20-,21-,25-,26-,27-,28-;;/m0../s1. The maximum absolute atomic E-state index is 17.4. The molecule has 0 spiro atoms. The van der Waals surface area contributed by atoms with Crippen molar-refractivity contribution in [2.24, 2.45) is 28.6 Å². The third-order valence-electron chi connectivity index (χ3n) is 18.9. The number of Topliss-reactive ketones (excluding diaryl/α,β-unsaturated/α-hetero) is 1. The number of carbonyl (C=O) groups is 4. The number of halogens is 2. The summed E-state index contributed by atoms with van der Waals surface area (Å²) in [5.74, 6) is -3.31. The van der Waals surface area contributed by atoms with Gasteiger partial charge in [-0.25, -0.2) is 9.37 Å². The highest BCUT2D eigenvalue weighted by Crippen LogP contribution is 2.71. The van der Waals surface area contributed by atoms with Crippen LogP contribution < -0.4 is 0 Å². The van der Waals surface area contributed by atoms with E-state index < -0.39 is 69.9 Å². The van der Waals surface area contributed by atoms with Crippen molar-refractivity contribution < 1.29 is 38.1 Å². The molecule has 8 atom stereocenters. The van der Waals surface area contributed by atoms with Gasteiger partial charge in [0.25, 0.3) is 0 Å². The average molecular weight is 1170 g/mol. The second-order valence-corrected chi connectivity index (χ2v) is 25.5. The number of carbonyl (C=O) groups excluding carboxylic acids is 4. The number of aliphatic hydroxyl groups is 1. The van der Waals surface area contributed by atoms with E-state index in [4.69, 9.17) is 21.1 Å². The molecule has 3 saturated carbocycles. The first kappa shape index (κ1) is 62.2. The summed E-state index contributed by atoms with van der Waals surface area (Å²) >= 11 is 6.69. The van der Waals surface area contributed by atoms with Crippen LogP contribution in [0.25, 0.3) is 10.8 Å². The molecule has 12 heteroatoms. The van der Waals surface area contributed by atoms with Crippen LogP contribution >= 0.6 is 11.6 Å². The Kier molecular flexibility index (Phi) is 18.5. The molecule has 0 amide bonds. The van der Waals surface area contributed by atoms with Crippen LogP contribution in [0.3, 0.4) is 0 Å². The van der Waals surface area contributed by atoms with Gasteiger partial charge in [-0.2, -0.15) is 0 Å². The van der Waals surface area contributed by atoms with Crippen LogP contribution in [0.5, 0.6) is 0 Å². The van der Waals surface area contributed by atoms with Crippen molar-refractivity contribution in [3.05, 3.63) is 233 Å². The Morgan fingerprint density at radius 2 is 1.41 bits per heavy atom. The van der Waals surface area contributed by atoms with E-state index in [0.717, 1.165) is 34.8 Å². The van der Waals surface area contributed by atoms with E-state index >= 15 is 4.39 Å². The van der Waals surface area contributed by atoms with Gasteiger partial charge in [-0.1, -0.05) is 217 Å². The Morgan fingerprint density at radius 1 is 0.788 bits per heavy atom. The summed E-state index contributed by atoms with van der Waals surface area (Å²) in [5, 5.41) is 14.9. The van der Waals surface area contributed by atoms with Gasteiger partial charge < -0.3 is 19.1 Å². The number of alkyl halides is 1. The first-order chi connectivity index (χ1) is 40.6. The Bertz CT molecular complexity index is 3520. The summed E-state index contributed by atoms with van der Waals surface area (Å²) in [5.41, 5.74) is 1.80. The van der Waals surface area contributed by atoms with Crippen LogP contribution in [0.1, 0.15) is 127 Å². The number of hydrogen-bond acceptors (Lipinski definition) is 9. The van der Waals surface area contributed by atoms with Crippen LogP contribution in [0.15, 0.2) is 194 Å². The van der Waals surface area contributed by atoms with Crippen molar-refractivity contribution in [3.8, 4) is 0 Å². The molecule has 4 aliphatic rings. The lowest BCUT2D eigenvalue weighted by Crippen LogP contribution is -2.70. The fraction of sp³-hybridized carbons (Fsp3) is 0.384. The predicted molar refractivity (Wildman–Crippen MR) is 334 cm³/mol. The molecule has 0 radical (unpaired) electrons. The zero-order valence-corrected chi connectivity index (χ0v) is 51.3. The van der Waals surface area contributed by atoms with Gasteiger partial charge in [-0.15, -0.1) is 0 Å². The normalized spacial score (nSPS) is 25.0. The van der Waals surface area contributed by atoms with Gasteiger partial charge in [0.15, 0.2) is 23.7 Å². The Hall–Kier alpha value is -7.31. The minimum atomic E-state index is -2.05. The molecule has 0 unspecified atom stereocenters. The van der Waals surface area contributed by atoms with Crippen molar-refractivity contribution in [1.82, 2.24) is 14.5 Å². The first-order valence-electron chi connectivity index (χ1n) is 29.9. The third-order valence-corrected chi connectivity index (χ3v) is 19.3. The lowest BCUT2D eigenvalue weighted by Gasteiger charge is -2.62. The second-order valence-electron chi connectivity index (χ2n) is 25.1. The van der Waals surface area contributed by atoms with Crippen molar-refractivity contribution in [3.63, 3.8) is 0 Å².